The van der Waals surface area contributed by atoms with Crippen LogP contribution in [0.15, 0.2) is 0 Å². The van der Waals surface area contributed by atoms with Gasteiger partial charge in [-0.1, -0.05) is 0 Å². The number of nitrogens with zero attached hydrogens (tertiary/aromatic N) is 1. The highest BCUT2D eigenvalue weighted by Crippen LogP contribution is 2.00. The first kappa shape index (κ1) is 12.4. The van der Waals surface area contributed by atoms with Gasteiger partial charge in [0.1, 0.15) is 0 Å². The van der Waals surface area contributed by atoms with E-state index in [1.807, 2.05) is 14.1 Å². The molecule has 0 saturated heterocycles. The van der Waals surface area contributed by atoms with Crippen LogP contribution in [-0.4, -0.2) is 44.7 Å². The van der Waals surface area contributed by atoms with Gasteiger partial charge in [0, 0.05) is 12.5 Å². The van der Waals surface area contributed by atoms with E-state index in [4.69, 9.17) is 5.73 Å². The minimum absolute atomic E-state index is 0.0986. The molecule has 2 N–H and O–H groups in total. The van der Waals surface area contributed by atoms with Crippen LogP contribution in [-0.2, 0) is 9.53 Å². The molecule has 0 aromatic carbocycles. The highest BCUT2D eigenvalue weighted by Gasteiger charge is 2.06. The summed E-state index contributed by atoms with van der Waals surface area (Å²) in [6.07, 6.45) is 2.05. The Kier molecular flexibility index (Phi) is 6.54. The molecule has 1 atom stereocenters. The SMILES string of the molecule is COC(=O)CCC(N)CCN(C)C. The van der Waals surface area contributed by atoms with Crippen molar-refractivity contribution in [1.29, 1.82) is 0 Å². The van der Waals surface area contributed by atoms with Crippen molar-refractivity contribution in [3.05, 3.63) is 0 Å². The number of carbonyl (C=O) groups excluding carboxylic acids is 1. The molecule has 0 aromatic rings. The van der Waals surface area contributed by atoms with E-state index in [1.54, 1.807) is 0 Å². The first-order chi connectivity index (χ1) is 6.06. The van der Waals surface area contributed by atoms with Crippen LogP contribution >= 0.6 is 0 Å². The van der Waals surface area contributed by atoms with Gasteiger partial charge in [0.15, 0.2) is 0 Å². The van der Waals surface area contributed by atoms with Crippen molar-refractivity contribution < 1.29 is 9.53 Å². The van der Waals surface area contributed by atoms with Gasteiger partial charge in [0.25, 0.3) is 0 Å². The second-order valence-electron chi connectivity index (χ2n) is 3.47. The lowest BCUT2D eigenvalue weighted by Gasteiger charge is -2.14. The maximum Gasteiger partial charge on any atom is 0.305 e. The average molecular weight is 188 g/mol. The van der Waals surface area contributed by atoms with E-state index in [0.717, 1.165) is 13.0 Å². The molecule has 4 nitrogen and oxygen atoms in total. The molecule has 0 heterocycles. The van der Waals surface area contributed by atoms with E-state index in [9.17, 15) is 4.79 Å². The Morgan fingerprint density at radius 2 is 2.08 bits per heavy atom. The molecule has 0 radical (unpaired) electrons. The number of ether oxygens (including phenoxy) is 1. The van der Waals surface area contributed by atoms with Gasteiger partial charge in [-0.05, 0) is 33.5 Å². The van der Waals surface area contributed by atoms with Crippen molar-refractivity contribution >= 4 is 5.97 Å². The summed E-state index contributed by atoms with van der Waals surface area (Å²) in [5.41, 5.74) is 5.79. The fraction of sp³-hybridized carbons (Fsp3) is 0.889. The molecule has 1 unspecified atom stereocenters. The summed E-state index contributed by atoms with van der Waals surface area (Å²) in [6.45, 7) is 0.961. The third-order valence-corrected chi connectivity index (χ3v) is 1.89. The van der Waals surface area contributed by atoms with Crippen molar-refractivity contribution in [2.24, 2.45) is 5.73 Å². The van der Waals surface area contributed by atoms with E-state index in [2.05, 4.69) is 9.64 Å². The summed E-state index contributed by atoms with van der Waals surface area (Å²) in [4.78, 5) is 12.8. The summed E-state index contributed by atoms with van der Waals surface area (Å²) in [7, 11) is 5.41. The molecule has 78 valence electrons. The number of nitrogens with two attached hydrogens (primary N) is 1. The van der Waals surface area contributed by atoms with Gasteiger partial charge in [-0.3, -0.25) is 4.79 Å². The van der Waals surface area contributed by atoms with E-state index in [-0.39, 0.29) is 12.0 Å². The predicted octanol–water partition coefficient (Wildman–Crippen LogP) is 0.219. The van der Waals surface area contributed by atoms with Crippen LogP contribution in [0.2, 0.25) is 0 Å². The van der Waals surface area contributed by atoms with Crippen LogP contribution in [0.25, 0.3) is 0 Å². The highest BCUT2D eigenvalue weighted by molar-refractivity contribution is 5.69. The molecule has 0 spiro atoms. The summed E-state index contributed by atoms with van der Waals surface area (Å²) >= 11 is 0. The van der Waals surface area contributed by atoms with Gasteiger partial charge >= 0.3 is 5.97 Å². The Labute approximate surface area is 80.0 Å². The summed E-state index contributed by atoms with van der Waals surface area (Å²) in [6, 6.07) is 0.0986. The Bertz CT molecular complexity index is 149. The fourth-order valence-electron chi connectivity index (χ4n) is 0.974. The van der Waals surface area contributed by atoms with Crippen LogP contribution in [0, 0.1) is 0 Å². The number of rotatable bonds is 6. The van der Waals surface area contributed by atoms with Crippen molar-refractivity contribution in [2.75, 3.05) is 27.7 Å². The van der Waals surface area contributed by atoms with Crippen LogP contribution in [0.5, 0.6) is 0 Å². The highest BCUT2D eigenvalue weighted by atomic mass is 16.5. The molecule has 0 bridgehead atoms. The lowest BCUT2D eigenvalue weighted by Crippen LogP contribution is -2.26. The van der Waals surface area contributed by atoms with Crippen LogP contribution in [0.3, 0.4) is 0 Å². The Morgan fingerprint density at radius 3 is 2.54 bits per heavy atom. The molecule has 0 saturated carbocycles. The minimum atomic E-state index is -0.180. The molecule has 0 aliphatic rings. The van der Waals surface area contributed by atoms with Gasteiger partial charge in [-0.25, -0.2) is 0 Å². The van der Waals surface area contributed by atoms with E-state index in [0.29, 0.717) is 12.8 Å². The van der Waals surface area contributed by atoms with Gasteiger partial charge < -0.3 is 15.4 Å². The lowest BCUT2D eigenvalue weighted by atomic mass is 10.1. The molecule has 0 amide bonds. The maximum atomic E-state index is 10.8. The average Bonchev–Trinajstić information content (AvgIpc) is 2.10. The smallest absolute Gasteiger partial charge is 0.305 e. The third kappa shape index (κ3) is 7.74. The summed E-state index contributed by atoms with van der Waals surface area (Å²) in [5, 5.41) is 0. The monoisotopic (exact) mass is 188 g/mol. The van der Waals surface area contributed by atoms with Gasteiger partial charge in [0.05, 0.1) is 7.11 Å². The largest absolute Gasteiger partial charge is 0.469 e. The Hall–Kier alpha value is -0.610. The minimum Gasteiger partial charge on any atom is -0.469 e. The molecular weight excluding hydrogens is 168 g/mol. The van der Waals surface area contributed by atoms with Crippen molar-refractivity contribution in [2.45, 2.75) is 25.3 Å². The lowest BCUT2D eigenvalue weighted by molar-refractivity contribution is -0.140. The van der Waals surface area contributed by atoms with E-state index in [1.165, 1.54) is 7.11 Å². The fourth-order valence-corrected chi connectivity index (χ4v) is 0.974. The maximum absolute atomic E-state index is 10.8. The Morgan fingerprint density at radius 1 is 1.46 bits per heavy atom. The standard InChI is InChI=1S/C9H20N2O2/c1-11(2)7-6-8(10)4-5-9(12)13-3/h8H,4-7,10H2,1-3H3. The second-order valence-corrected chi connectivity index (χ2v) is 3.47. The Balaban J connectivity index is 3.40. The van der Waals surface area contributed by atoms with Crippen molar-refractivity contribution in [3.63, 3.8) is 0 Å². The van der Waals surface area contributed by atoms with Gasteiger partial charge in [-0.2, -0.15) is 0 Å². The zero-order chi connectivity index (χ0) is 10.3. The normalized spacial score (nSPS) is 13.0. The first-order valence-electron chi connectivity index (χ1n) is 4.53. The quantitative estimate of drug-likeness (QED) is 0.606. The summed E-state index contributed by atoms with van der Waals surface area (Å²) < 4.78 is 4.52. The number of methoxy groups -OCH3 is 1. The van der Waals surface area contributed by atoms with Crippen LogP contribution < -0.4 is 5.73 Å². The van der Waals surface area contributed by atoms with E-state index < -0.39 is 0 Å². The van der Waals surface area contributed by atoms with Gasteiger partial charge in [-0.15, -0.1) is 0 Å². The van der Waals surface area contributed by atoms with Crippen molar-refractivity contribution in [3.8, 4) is 0 Å². The number of hydrogen-bond donors (Lipinski definition) is 1. The number of esters is 1. The van der Waals surface area contributed by atoms with E-state index >= 15 is 0 Å². The summed E-state index contributed by atoms with van der Waals surface area (Å²) in [5.74, 6) is -0.180. The molecule has 0 fully saturated rings. The number of carbonyl (C=O) groups is 1. The van der Waals surface area contributed by atoms with Crippen LogP contribution in [0.1, 0.15) is 19.3 Å². The molecular formula is C9H20N2O2. The topological polar surface area (TPSA) is 55.6 Å². The molecule has 0 aromatic heterocycles. The zero-order valence-corrected chi connectivity index (χ0v) is 8.75. The second kappa shape index (κ2) is 6.86. The molecule has 0 rings (SSSR count). The third-order valence-electron chi connectivity index (χ3n) is 1.89. The zero-order valence-electron chi connectivity index (χ0n) is 8.75. The molecule has 4 heteroatoms. The molecule has 0 aliphatic carbocycles. The van der Waals surface area contributed by atoms with Crippen LogP contribution in [0.4, 0.5) is 0 Å². The van der Waals surface area contributed by atoms with Gasteiger partial charge in [0.2, 0.25) is 0 Å². The predicted molar refractivity (Wildman–Crippen MR) is 52.4 cm³/mol. The molecule has 13 heavy (non-hydrogen) atoms. The number of hydrogen-bond acceptors (Lipinski definition) is 4. The van der Waals surface area contributed by atoms with Crippen molar-refractivity contribution in [1.82, 2.24) is 4.90 Å². The molecule has 0 aliphatic heterocycles. The first-order valence-corrected chi connectivity index (χ1v) is 4.53.